The van der Waals surface area contributed by atoms with E-state index in [2.05, 4.69) is 15.5 Å². The molecule has 0 spiro atoms. The highest BCUT2D eigenvalue weighted by Crippen LogP contribution is 2.30. The topological polar surface area (TPSA) is 73.8 Å². The molecule has 0 atom stereocenters. The van der Waals surface area contributed by atoms with E-state index in [0.29, 0.717) is 21.5 Å². The van der Waals surface area contributed by atoms with Crippen LogP contribution >= 0.6 is 23.4 Å². The molecule has 0 bridgehead atoms. The molecule has 4 rings (SSSR count). The summed E-state index contributed by atoms with van der Waals surface area (Å²) in [4.78, 5) is 12.0. The summed E-state index contributed by atoms with van der Waals surface area (Å²) < 4.78 is 7.05. The zero-order chi connectivity index (χ0) is 19.7. The van der Waals surface area contributed by atoms with Crippen LogP contribution in [0.4, 0.5) is 0 Å². The van der Waals surface area contributed by atoms with Crippen molar-refractivity contribution in [1.82, 2.24) is 20.2 Å². The summed E-state index contributed by atoms with van der Waals surface area (Å²) in [5.74, 6) is 0.510. The van der Waals surface area contributed by atoms with E-state index in [1.807, 2.05) is 50.2 Å². The number of rotatable bonds is 5. The summed E-state index contributed by atoms with van der Waals surface area (Å²) in [6, 6.07) is 13.1. The van der Waals surface area contributed by atoms with Gasteiger partial charge in [-0.2, -0.15) is 4.68 Å². The molecule has 142 valence electrons. The van der Waals surface area contributed by atoms with Crippen molar-refractivity contribution < 1.29 is 4.42 Å². The van der Waals surface area contributed by atoms with E-state index in [4.69, 9.17) is 16.0 Å². The van der Waals surface area contributed by atoms with Crippen LogP contribution in [0.5, 0.6) is 0 Å². The summed E-state index contributed by atoms with van der Waals surface area (Å²) in [6.07, 6.45) is 0.767. The molecule has 2 aromatic heterocycles. The van der Waals surface area contributed by atoms with Crippen LogP contribution < -0.4 is 5.63 Å². The Hall–Kier alpha value is -2.64. The van der Waals surface area contributed by atoms with Gasteiger partial charge in [0.2, 0.25) is 5.16 Å². The van der Waals surface area contributed by atoms with Gasteiger partial charge in [0.05, 0.1) is 5.69 Å². The standard InChI is InChI=1S/C20H17ClN4O2S/c1-3-13-8-18-16(10-17(13)21)14(9-19(26)27-18)11-28-20-22-23-24-25(20)15-6-4-12(2)5-7-15/h4-10H,3,11H2,1-2H3. The summed E-state index contributed by atoms with van der Waals surface area (Å²) in [7, 11) is 0. The van der Waals surface area contributed by atoms with Crippen LogP contribution in [-0.2, 0) is 12.2 Å². The first-order valence-electron chi connectivity index (χ1n) is 8.78. The van der Waals surface area contributed by atoms with Crippen molar-refractivity contribution in [2.24, 2.45) is 0 Å². The molecule has 8 heteroatoms. The smallest absolute Gasteiger partial charge is 0.336 e. The van der Waals surface area contributed by atoms with Gasteiger partial charge in [-0.15, -0.1) is 5.10 Å². The fourth-order valence-corrected chi connectivity index (χ4v) is 4.12. The van der Waals surface area contributed by atoms with Crippen LogP contribution in [0.15, 0.2) is 56.8 Å². The van der Waals surface area contributed by atoms with E-state index in [1.165, 1.54) is 17.8 Å². The number of hydrogen-bond acceptors (Lipinski definition) is 6. The lowest BCUT2D eigenvalue weighted by atomic mass is 10.1. The fraction of sp³-hybridized carbons (Fsp3) is 0.200. The second kappa shape index (κ2) is 7.77. The van der Waals surface area contributed by atoms with E-state index in [0.717, 1.165) is 34.2 Å². The maximum atomic E-state index is 12.0. The van der Waals surface area contributed by atoms with Gasteiger partial charge >= 0.3 is 5.63 Å². The number of halogens is 1. The third-order valence-corrected chi connectivity index (χ3v) is 5.77. The first kappa shape index (κ1) is 18.7. The molecule has 0 saturated heterocycles. The van der Waals surface area contributed by atoms with Crippen LogP contribution in [-0.4, -0.2) is 20.2 Å². The maximum absolute atomic E-state index is 12.0. The molecule has 0 aliphatic rings. The van der Waals surface area contributed by atoms with Gasteiger partial charge in [-0.3, -0.25) is 0 Å². The molecule has 0 fully saturated rings. The number of benzene rings is 2. The average Bonchev–Trinajstić information content (AvgIpc) is 3.15. The number of aromatic nitrogens is 4. The number of nitrogens with zero attached hydrogens (tertiary/aromatic N) is 4. The number of tetrazole rings is 1. The Morgan fingerprint density at radius 1 is 1.14 bits per heavy atom. The van der Waals surface area contributed by atoms with Gasteiger partial charge < -0.3 is 4.42 Å². The van der Waals surface area contributed by atoms with Crippen LogP contribution in [0, 0.1) is 6.92 Å². The molecule has 2 heterocycles. The van der Waals surface area contributed by atoms with Crippen molar-refractivity contribution in [2.75, 3.05) is 0 Å². The van der Waals surface area contributed by atoms with Gasteiger partial charge in [0.15, 0.2) is 0 Å². The first-order chi connectivity index (χ1) is 13.5. The molecule has 0 N–H and O–H groups in total. The Kier molecular flexibility index (Phi) is 5.19. The number of hydrogen-bond donors (Lipinski definition) is 0. The van der Waals surface area contributed by atoms with Gasteiger partial charge in [-0.25, -0.2) is 4.79 Å². The zero-order valence-electron chi connectivity index (χ0n) is 15.3. The lowest BCUT2D eigenvalue weighted by Gasteiger charge is -2.08. The van der Waals surface area contributed by atoms with Crippen molar-refractivity contribution in [3.63, 3.8) is 0 Å². The molecule has 0 saturated carbocycles. The zero-order valence-corrected chi connectivity index (χ0v) is 16.9. The second-order valence-electron chi connectivity index (χ2n) is 6.38. The molecule has 28 heavy (non-hydrogen) atoms. The predicted octanol–water partition coefficient (Wildman–Crippen LogP) is 4.59. The third kappa shape index (κ3) is 3.68. The average molecular weight is 413 g/mol. The van der Waals surface area contributed by atoms with Crippen LogP contribution in [0.25, 0.3) is 16.7 Å². The third-order valence-electron chi connectivity index (χ3n) is 4.45. The highest BCUT2D eigenvalue weighted by molar-refractivity contribution is 7.98. The highest BCUT2D eigenvalue weighted by Gasteiger charge is 2.13. The van der Waals surface area contributed by atoms with Crippen molar-refractivity contribution >= 4 is 34.3 Å². The normalized spacial score (nSPS) is 11.2. The quantitative estimate of drug-likeness (QED) is 0.352. The van der Waals surface area contributed by atoms with Gasteiger partial charge in [-0.05, 0) is 59.2 Å². The van der Waals surface area contributed by atoms with Crippen LogP contribution in [0.2, 0.25) is 5.02 Å². The van der Waals surface area contributed by atoms with Gasteiger partial charge in [-0.1, -0.05) is 48.0 Å². The van der Waals surface area contributed by atoms with Gasteiger partial charge in [0.1, 0.15) is 5.58 Å². The SMILES string of the molecule is CCc1cc2oc(=O)cc(CSc3nnnn3-c3ccc(C)cc3)c2cc1Cl. The molecular formula is C20H17ClN4O2S. The minimum atomic E-state index is -0.384. The second-order valence-corrected chi connectivity index (χ2v) is 7.73. The van der Waals surface area contributed by atoms with E-state index in [-0.39, 0.29) is 5.63 Å². The number of thioether (sulfide) groups is 1. The van der Waals surface area contributed by atoms with Crippen LogP contribution in [0.3, 0.4) is 0 Å². The first-order valence-corrected chi connectivity index (χ1v) is 10.1. The fourth-order valence-electron chi connectivity index (χ4n) is 2.94. The molecule has 0 aliphatic heterocycles. The molecule has 0 unspecified atom stereocenters. The van der Waals surface area contributed by atoms with Crippen LogP contribution in [0.1, 0.15) is 23.6 Å². The van der Waals surface area contributed by atoms with E-state index in [9.17, 15) is 4.79 Å². The van der Waals surface area contributed by atoms with Crippen molar-refractivity contribution in [1.29, 1.82) is 0 Å². The molecule has 2 aromatic carbocycles. The molecule has 0 radical (unpaired) electrons. The van der Waals surface area contributed by atoms with E-state index < -0.39 is 0 Å². The van der Waals surface area contributed by atoms with Crippen molar-refractivity contribution in [2.45, 2.75) is 31.2 Å². The van der Waals surface area contributed by atoms with Crippen molar-refractivity contribution in [3.05, 3.63) is 74.6 Å². The Balaban J connectivity index is 1.67. The molecule has 0 amide bonds. The molecule has 6 nitrogen and oxygen atoms in total. The Labute approximate surface area is 170 Å². The summed E-state index contributed by atoms with van der Waals surface area (Å²) in [5.41, 5.74) is 3.99. The summed E-state index contributed by atoms with van der Waals surface area (Å²) >= 11 is 7.82. The minimum absolute atomic E-state index is 0.384. The summed E-state index contributed by atoms with van der Waals surface area (Å²) in [6.45, 7) is 4.04. The predicted molar refractivity (Wildman–Crippen MR) is 110 cm³/mol. The monoisotopic (exact) mass is 412 g/mol. The van der Waals surface area contributed by atoms with E-state index in [1.54, 1.807) is 4.68 Å². The lowest BCUT2D eigenvalue weighted by molar-refractivity contribution is 0.559. The maximum Gasteiger partial charge on any atom is 0.336 e. The molecular weight excluding hydrogens is 396 g/mol. The molecule has 4 aromatic rings. The summed E-state index contributed by atoms with van der Waals surface area (Å²) in [5, 5.41) is 14.1. The molecule has 0 aliphatic carbocycles. The minimum Gasteiger partial charge on any atom is -0.423 e. The number of fused-ring (bicyclic) bond motifs is 1. The van der Waals surface area contributed by atoms with Gasteiger partial charge in [0, 0.05) is 22.2 Å². The largest absolute Gasteiger partial charge is 0.423 e. The lowest BCUT2D eigenvalue weighted by Crippen LogP contribution is -2.02. The van der Waals surface area contributed by atoms with Crippen molar-refractivity contribution in [3.8, 4) is 5.69 Å². The number of aryl methyl sites for hydroxylation is 2. The highest BCUT2D eigenvalue weighted by atomic mass is 35.5. The van der Waals surface area contributed by atoms with Gasteiger partial charge in [0.25, 0.3) is 0 Å². The Morgan fingerprint density at radius 2 is 1.93 bits per heavy atom. The Bertz CT molecular complexity index is 1200. The Morgan fingerprint density at radius 3 is 2.68 bits per heavy atom. The van der Waals surface area contributed by atoms with E-state index >= 15 is 0 Å².